The van der Waals surface area contributed by atoms with Crippen molar-refractivity contribution in [3.8, 4) is 0 Å². The van der Waals surface area contributed by atoms with Crippen LogP contribution in [0.4, 0.5) is 4.79 Å². The van der Waals surface area contributed by atoms with Gasteiger partial charge in [0.2, 0.25) is 0 Å². The third-order valence-electron chi connectivity index (χ3n) is 3.22. The van der Waals surface area contributed by atoms with E-state index in [2.05, 4.69) is 10.6 Å². The second-order valence-corrected chi connectivity index (χ2v) is 4.78. The molecule has 0 saturated heterocycles. The number of aliphatic hydroxyl groups is 1. The minimum Gasteiger partial charge on any atom is -0.394 e. The van der Waals surface area contributed by atoms with E-state index in [4.69, 9.17) is 0 Å². The zero-order valence-corrected chi connectivity index (χ0v) is 10.4. The molecule has 18 heavy (non-hydrogen) atoms. The van der Waals surface area contributed by atoms with Crippen LogP contribution in [0.15, 0.2) is 30.3 Å². The van der Waals surface area contributed by atoms with Gasteiger partial charge in [-0.3, -0.25) is 0 Å². The van der Waals surface area contributed by atoms with Gasteiger partial charge < -0.3 is 15.7 Å². The van der Waals surface area contributed by atoms with Crippen LogP contribution < -0.4 is 10.6 Å². The first kappa shape index (κ1) is 12.9. The highest BCUT2D eigenvalue weighted by molar-refractivity contribution is 5.74. The van der Waals surface area contributed by atoms with Crippen molar-refractivity contribution in [2.75, 3.05) is 13.2 Å². The van der Waals surface area contributed by atoms with Gasteiger partial charge in [-0.15, -0.1) is 0 Å². The number of carbonyl (C=O) groups excluding carboxylic acids is 1. The van der Waals surface area contributed by atoms with Crippen LogP contribution in [0.5, 0.6) is 0 Å². The molecule has 98 valence electrons. The summed E-state index contributed by atoms with van der Waals surface area (Å²) < 4.78 is 0. The van der Waals surface area contributed by atoms with Crippen molar-refractivity contribution in [1.82, 2.24) is 10.6 Å². The van der Waals surface area contributed by atoms with E-state index < -0.39 is 0 Å². The SMILES string of the molecule is O=C(NCCC1CC1)NC(CO)c1ccccc1. The first-order valence-corrected chi connectivity index (χ1v) is 6.49. The van der Waals surface area contributed by atoms with E-state index in [-0.39, 0.29) is 18.7 Å². The Morgan fingerprint density at radius 2 is 2.06 bits per heavy atom. The van der Waals surface area contributed by atoms with Crippen LogP contribution in [0.1, 0.15) is 30.9 Å². The normalized spacial score (nSPS) is 16.1. The van der Waals surface area contributed by atoms with Crippen LogP contribution in [0.25, 0.3) is 0 Å². The number of aliphatic hydroxyl groups excluding tert-OH is 1. The van der Waals surface area contributed by atoms with E-state index in [1.54, 1.807) is 0 Å². The lowest BCUT2D eigenvalue weighted by atomic mass is 10.1. The number of carbonyl (C=O) groups is 1. The van der Waals surface area contributed by atoms with Crippen molar-refractivity contribution in [2.45, 2.75) is 25.3 Å². The van der Waals surface area contributed by atoms with Gasteiger partial charge in [-0.1, -0.05) is 43.2 Å². The van der Waals surface area contributed by atoms with Crippen LogP contribution >= 0.6 is 0 Å². The summed E-state index contributed by atoms with van der Waals surface area (Å²) in [6.07, 6.45) is 3.65. The quantitative estimate of drug-likeness (QED) is 0.719. The molecule has 1 aliphatic carbocycles. The summed E-state index contributed by atoms with van der Waals surface area (Å²) in [6, 6.07) is 8.94. The van der Waals surface area contributed by atoms with Crippen molar-refractivity contribution in [3.05, 3.63) is 35.9 Å². The molecule has 0 aromatic heterocycles. The van der Waals surface area contributed by atoms with Gasteiger partial charge in [0, 0.05) is 6.54 Å². The molecule has 2 amide bonds. The Labute approximate surface area is 107 Å². The second-order valence-electron chi connectivity index (χ2n) is 4.78. The van der Waals surface area contributed by atoms with Crippen molar-refractivity contribution in [2.24, 2.45) is 5.92 Å². The highest BCUT2D eigenvalue weighted by atomic mass is 16.3. The molecule has 1 fully saturated rings. The minimum atomic E-state index is -0.341. The number of nitrogens with one attached hydrogen (secondary N) is 2. The van der Waals surface area contributed by atoms with E-state index in [9.17, 15) is 9.90 Å². The van der Waals surface area contributed by atoms with Gasteiger partial charge in [-0.2, -0.15) is 0 Å². The van der Waals surface area contributed by atoms with Gasteiger partial charge in [0.1, 0.15) is 0 Å². The molecule has 1 atom stereocenters. The number of rotatable bonds is 6. The van der Waals surface area contributed by atoms with E-state index in [1.807, 2.05) is 30.3 Å². The van der Waals surface area contributed by atoms with Crippen LogP contribution in [-0.4, -0.2) is 24.3 Å². The van der Waals surface area contributed by atoms with Crippen LogP contribution in [-0.2, 0) is 0 Å². The van der Waals surface area contributed by atoms with E-state index >= 15 is 0 Å². The smallest absolute Gasteiger partial charge is 0.315 e. The molecule has 1 aliphatic rings. The fourth-order valence-corrected chi connectivity index (χ4v) is 1.93. The summed E-state index contributed by atoms with van der Waals surface area (Å²) in [6.45, 7) is 0.615. The third kappa shape index (κ3) is 4.04. The zero-order valence-electron chi connectivity index (χ0n) is 10.4. The Kier molecular flexibility index (Phi) is 4.59. The maximum absolute atomic E-state index is 11.7. The molecule has 2 rings (SSSR count). The Hall–Kier alpha value is -1.55. The molecule has 1 saturated carbocycles. The fraction of sp³-hybridized carbons (Fsp3) is 0.500. The summed E-state index contributed by atoms with van der Waals surface area (Å²) >= 11 is 0. The Morgan fingerprint density at radius 3 is 2.67 bits per heavy atom. The number of amides is 2. The van der Waals surface area contributed by atoms with E-state index in [0.717, 1.165) is 17.9 Å². The summed E-state index contributed by atoms with van der Waals surface area (Å²) in [5.74, 6) is 0.813. The number of hydrogen-bond acceptors (Lipinski definition) is 2. The predicted molar refractivity (Wildman–Crippen MR) is 70.1 cm³/mol. The first-order valence-electron chi connectivity index (χ1n) is 6.49. The number of urea groups is 1. The molecular weight excluding hydrogens is 228 g/mol. The van der Waals surface area contributed by atoms with Crippen LogP contribution in [0.2, 0.25) is 0 Å². The van der Waals surface area contributed by atoms with Crippen molar-refractivity contribution < 1.29 is 9.90 Å². The zero-order chi connectivity index (χ0) is 12.8. The van der Waals surface area contributed by atoms with Gasteiger partial charge in [-0.25, -0.2) is 4.79 Å². The maximum Gasteiger partial charge on any atom is 0.315 e. The molecule has 0 spiro atoms. The lowest BCUT2D eigenvalue weighted by Gasteiger charge is -2.17. The lowest BCUT2D eigenvalue weighted by Crippen LogP contribution is -2.39. The van der Waals surface area contributed by atoms with Crippen molar-refractivity contribution in [3.63, 3.8) is 0 Å². The summed E-state index contributed by atoms with van der Waals surface area (Å²) in [5, 5.41) is 14.9. The third-order valence-corrected chi connectivity index (χ3v) is 3.22. The number of benzene rings is 1. The van der Waals surface area contributed by atoms with Gasteiger partial charge in [0.25, 0.3) is 0 Å². The van der Waals surface area contributed by atoms with Crippen LogP contribution in [0.3, 0.4) is 0 Å². The summed E-state index contributed by atoms with van der Waals surface area (Å²) in [7, 11) is 0. The molecule has 4 nitrogen and oxygen atoms in total. The standard InChI is InChI=1S/C14H20N2O2/c17-10-13(12-4-2-1-3-5-12)16-14(18)15-9-8-11-6-7-11/h1-5,11,13,17H,6-10H2,(H2,15,16,18). The van der Waals surface area contributed by atoms with Crippen molar-refractivity contribution >= 4 is 6.03 Å². The molecule has 0 bridgehead atoms. The van der Waals surface area contributed by atoms with Crippen LogP contribution in [0, 0.1) is 5.92 Å². The van der Waals surface area contributed by atoms with Gasteiger partial charge in [0.15, 0.2) is 0 Å². The van der Waals surface area contributed by atoms with Crippen molar-refractivity contribution in [1.29, 1.82) is 0 Å². The average Bonchev–Trinajstić information content (AvgIpc) is 3.21. The Bertz CT molecular complexity index is 377. The van der Waals surface area contributed by atoms with Gasteiger partial charge in [-0.05, 0) is 17.9 Å². The topological polar surface area (TPSA) is 61.4 Å². The Balaban J connectivity index is 1.76. The maximum atomic E-state index is 11.7. The molecule has 1 unspecified atom stereocenters. The number of hydrogen-bond donors (Lipinski definition) is 3. The summed E-state index contributed by atoms with van der Waals surface area (Å²) in [5.41, 5.74) is 0.914. The monoisotopic (exact) mass is 248 g/mol. The first-order chi connectivity index (χ1) is 8.79. The minimum absolute atomic E-state index is 0.0972. The predicted octanol–water partition coefficient (Wildman–Crippen LogP) is 1.82. The average molecular weight is 248 g/mol. The molecule has 1 aromatic carbocycles. The van der Waals surface area contributed by atoms with Gasteiger partial charge in [0.05, 0.1) is 12.6 Å². The molecule has 1 aromatic rings. The molecule has 0 heterocycles. The molecule has 0 aliphatic heterocycles. The molecule has 4 heteroatoms. The molecule has 3 N–H and O–H groups in total. The summed E-state index contributed by atoms with van der Waals surface area (Å²) in [4.78, 5) is 11.7. The largest absolute Gasteiger partial charge is 0.394 e. The highest BCUT2D eigenvalue weighted by Crippen LogP contribution is 2.31. The molecule has 0 radical (unpaired) electrons. The Morgan fingerprint density at radius 1 is 1.33 bits per heavy atom. The van der Waals surface area contributed by atoms with Gasteiger partial charge >= 0.3 is 6.03 Å². The fourth-order valence-electron chi connectivity index (χ4n) is 1.93. The molecular formula is C14H20N2O2. The van der Waals surface area contributed by atoms with E-state index in [1.165, 1.54) is 12.8 Å². The van der Waals surface area contributed by atoms with E-state index in [0.29, 0.717) is 6.54 Å². The lowest BCUT2D eigenvalue weighted by molar-refractivity contribution is 0.217. The highest BCUT2D eigenvalue weighted by Gasteiger charge is 2.20. The second kappa shape index (κ2) is 6.40.